The molecule has 0 aliphatic carbocycles. The van der Waals surface area contributed by atoms with Crippen molar-refractivity contribution in [2.75, 3.05) is 0 Å². The molecular formula is C15H10O2S. The van der Waals surface area contributed by atoms with E-state index in [4.69, 9.17) is 0 Å². The Morgan fingerprint density at radius 3 is 2.44 bits per heavy atom. The van der Waals surface area contributed by atoms with E-state index in [1.807, 2.05) is 30.3 Å². The fourth-order valence-corrected chi connectivity index (χ4v) is 2.91. The van der Waals surface area contributed by atoms with Gasteiger partial charge in [-0.1, -0.05) is 36.0 Å². The third kappa shape index (κ3) is 1.93. The molecule has 88 valence electrons. The molecule has 0 spiro atoms. The summed E-state index contributed by atoms with van der Waals surface area (Å²) < 4.78 is 0. The molecule has 0 bridgehead atoms. The molecular weight excluding hydrogens is 244 g/mol. The van der Waals surface area contributed by atoms with Crippen molar-refractivity contribution in [3.05, 3.63) is 64.6 Å². The van der Waals surface area contributed by atoms with Gasteiger partial charge in [-0.15, -0.1) is 0 Å². The average Bonchev–Trinajstić information content (AvgIpc) is 2.70. The highest BCUT2D eigenvalue weighted by Crippen LogP contribution is 2.40. The Hall–Kier alpha value is -2.00. The SMILES string of the molecule is O=C1/C(=C\c2ccc(O)cc2)Sc2ccccc21. The van der Waals surface area contributed by atoms with Crippen molar-refractivity contribution in [3.8, 4) is 5.75 Å². The summed E-state index contributed by atoms with van der Waals surface area (Å²) in [6.45, 7) is 0. The van der Waals surface area contributed by atoms with Crippen LogP contribution in [-0.4, -0.2) is 10.9 Å². The predicted molar refractivity (Wildman–Crippen MR) is 72.7 cm³/mol. The zero-order valence-corrected chi connectivity index (χ0v) is 10.3. The Balaban J connectivity index is 1.97. The molecule has 0 amide bonds. The van der Waals surface area contributed by atoms with Crippen molar-refractivity contribution < 1.29 is 9.90 Å². The second kappa shape index (κ2) is 4.35. The largest absolute Gasteiger partial charge is 0.508 e. The van der Waals surface area contributed by atoms with Gasteiger partial charge in [0.25, 0.3) is 0 Å². The van der Waals surface area contributed by atoms with Crippen LogP contribution in [0.15, 0.2) is 58.3 Å². The molecule has 2 aromatic rings. The normalized spacial score (nSPS) is 16.0. The molecule has 0 radical (unpaired) electrons. The van der Waals surface area contributed by atoms with Crippen LogP contribution in [0.25, 0.3) is 6.08 Å². The van der Waals surface area contributed by atoms with Crippen molar-refractivity contribution in [3.63, 3.8) is 0 Å². The van der Waals surface area contributed by atoms with Gasteiger partial charge in [0.1, 0.15) is 5.75 Å². The second-order valence-corrected chi connectivity index (χ2v) is 5.11. The van der Waals surface area contributed by atoms with Gasteiger partial charge in [0.2, 0.25) is 5.78 Å². The van der Waals surface area contributed by atoms with Gasteiger partial charge in [0, 0.05) is 10.5 Å². The smallest absolute Gasteiger partial charge is 0.200 e. The number of phenolic OH excluding ortho intramolecular Hbond substituents is 1. The minimum atomic E-state index is 0.0728. The maximum absolute atomic E-state index is 12.1. The van der Waals surface area contributed by atoms with E-state index in [1.165, 1.54) is 11.8 Å². The number of hydrogen-bond acceptors (Lipinski definition) is 3. The lowest BCUT2D eigenvalue weighted by Gasteiger charge is -1.96. The summed E-state index contributed by atoms with van der Waals surface area (Å²) in [4.78, 5) is 13.9. The fourth-order valence-electron chi connectivity index (χ4n) is 1.86. The summed E-state index contributed by atoms with van der Waals surface area (Å²) in [6, 6.07) is 14.4. The minimum absolute atomic E-state index is 0.0728. The number of carbonyl (C=O) groups excluding carboxylic acids is 1. The molecule has 18 heavy (non-hydrogen) atoms. The zero-order valence-electron chi connectivity index (χ0n) is 9.46. The third-order valence-electron chi connectivity index (χ3n) is 2.77. The first kappa shape index (κ1) is 11.1. The number of phenols is 1. The number of thioether (sulfide) groups is 1. The lowest BCUT2D eigenvalue weighted by atomic mass is 10.1. The monoisotopic (exact) mass is 254 g/mol. The van der Waals surface area contributed by atoms with Crippen molar-refractivity contribution in [2.24, 2.45) is 0 Å². The second-order valence-electron chi connectivity index (χ2n) is 4.03. The zero-order chi connectivity index (χ0) is 12.5. The molecule has 0 unspecified atom stereocenters. The quantitative estimate of drug-likeness (QED) is 0.788. The lowest BCUT2D eigenvalue weighted by molar-refractivity contribution is 0.104. The maximum atomic E-state index is 12.1. The Kier molecular flexibility index (Phi) is 2.68. The first-order valence-electron chi connectivity index (χ1n) is 5.56. The first-order valence-corrected chi connectivity index (χ1v) is 6.38. The molecule has 0 saturated carbocycles. The van der Waals surface area contributed by atoms with Crippen molar-refractivity contribution >= 4 is 23.6 Å². The van der Waals surface area contributed by atoms with Crippen LogP contribution in [0.2, 0.25) is 0 Å². The summed E-state index contributed by atoms with van der Waals surface area (Å²) in [5, 5.41) is 9.22. The molecule has 0 saturated heterocycles. The highest BCUT2D eigenvalue weighted by molar-refractivity contribution is 8.04. The number of ketones is 1. The van der Waals surface area contributed by atoms with Gasteiger partial charge in [-0.25, -0.2) is 0 Å². The maximum Gasteiger partial charge on any atom is 0.200 e. The van der Waals surface area contributed by atoms with Crippen molar-refractivity contribution in [1.82, 2.24) is 0 Å². The van der Waals surface area contributed by atoms with E-state index in [-0.39, 0.29) is 11.5 Å². The molecule has 1 aliphatic heterocycles. The summed E-state index contributed by atoms with van der Waals surface area (Å²) in [5.41, 5.74) is 1.68. The molecule has 2 nitrogen and oxygen atoms in total. The molecule has 3 heteroatoms. The summed E-state index contributed by atoms with van der Waals surface area (Å²) in [7, 11) is 0. The topological polar surface area (TPSA) is 37.3 Å². The highest BCUT2D eigenvalue weighted by atomic mass is 32.2. The number of aromatic hydroxyl groups is 1. The Labute approximate surface area is 109 Å². The van der Waals surface area contributed by atoms with Gasteiger partial charge < -0.3 is 5.11 Å². The van der Waals surface area contributed by atoms with Crippen LogP contribution in [0.4, 0.5) is 0 Å². The standard InChI is InChI=1S/C15H10O2S/c16-11-7-5-10(6-8-11)9-14-15(17)12-3-1-2-4-13(12)18-14/h1-9,16H/b14-9+. The molecule has 0 atom stereocenters. The van der Waals surface area contributed by atoms with Gasteiger partial charge in [-0.2, -0.15) is 0 Å². The van der Waals surface area contributed by atoms with Crippen LogP contribution in [0.3, 0.4) is 0 Å². The van der Waals surface area contributed by atoms with Gasteiger partial charge in [-0.3, -0.25) is 4.79 Å². The number of Topliss-reactive ketones (excluding diaryl/α,β-unsaturated/α-hetero) is 1. The number of benzene rings is 2. The van der Waals surface area contributed by atoms with Gasteiger partial charge in [0.05, 0.1) is 4.91 Å². The molecule has 2 aromatic carbocycles. The molecule has 3 rings (SSSR count). The number of carbonyl (C=O) groups is 1. The van der Waals surface area contributed by atoms with E-state index >= 15 is 0 Å². The number of fused-ring (bicyclic) bond motifs is 1. The number of allylic oxidation sites excluding steroid dienone is 1. The van der Waals surface area contributed by atoms with E-state index in [2.05, 4.69) is 0 Å². The van der Waals surface area contributed by atoms with Crippen molar-refractivity contribution in [2.45, 2.75) is 4.90 Å². The first-order chi connectivity index (χ1) is 8.74. The van der Waals surface area contributed by atoms with Gasteiger partial charge >= 0.3 is 0 Å². The van der Waals surface area contributed by atoms with Crippen LogP contribution in [0, 0.1) is 0 Å². The fraction of sp³-hybridized carbons (Fsp3) is 0. The molecule has 1 N–H and O–H groups in total. The highest BCUT2D eigenvalue weighted by Gasteiger charge is 2.24. The van der Waals surface area contributed by atoms with E-state index in [1.54, 1.807) is 24.3 Å². The molecule has 1 aliphatic rings. The van der Waals surface area contributed by atoms with Crippen LogP contribution >= 0.6 is 11.8 Å². The average molecular weight is 254 g/mol. The molecule has 0 aromatic heterocycles. The summed E-state index contributed by atoms with van der Waals surface area (Å²) >= 11 is 1.49. The van der Waals surface area contributed by atoms with Gasteiger partial charge in [-0.05, 0) is 35.9 Å². The number of hydrogen-bond donors (Lipinski definition) is 1. The number of rotatable bonds is 1. The van der Waals surface area contributed by atoms with Crippen LogP contribution in [0.5, 0.6) is 5.75 Å². The van der Waals surface area contributed by atoms with Crippen LogP contribution < -0.4 is 0 Å². The van der Waals surface area contributed by atoms with Crippen LogP contribution in [0.1, 0.15) is 15.9 Å². The van der Waals surface area contributed by atoms with E-state index in [0.717, 1.165) is 20.9 Å². The van der Waals surface area contributed by atoms with Gasteiger partial charge in [0.15, 0.2) is 0 Å². The molecule has 0 fully saturated rings. The van der Waals surface area contributed by atoms with Crippen molar-refractivity contribution in [1.29, 1.82) is 0 Å². The Morgan fingerprint density at radius 1 is 1.00 bits per heavy atom. The Bertz CT molecular complexity index is 642. The predicted octanol–water partition coefficient (Wildman–Crippen LogP) is 3.72. The Morgan fingerprint density at radius 2 is 1.72 bits per heavy atom. The van der Waals surface area contributed by atoms with E-state index in [0.29, 0.717) is 0 Å². The van der Waals surface area contributed by atoms with E-state index < -0.39 is 0 Å². The summed E-state index contributed by atoms with van der Waals surface area (Å²) in [5.74, 6) is 0.300. The summed E-state index contributed by atoms with van der Waals surface area (Å²) in [6.07, 6.45) is 1.85. The third-order valence-corrected chi connectivity index (χ3v) is 3.87. The molecule has 1 heterocycles. The lowest BCUT2D eigenvalue weighted by Crippen LogP contribution is -1.93. The van der Waals surface area contributed by atoms with E-state index in [9.17, 15) is 9.90 Å². The minimum Gasteiger partial charge on any atom is -0.508 e. The van der Waals surface area contributed by atoms with Crippen LogP contribution in [-0.2, 0) is 0 Å².